The molecule has 110 valence electrons. The Labute approximate surface area is 117 Å². The number of hydrogen-bond acceptors (Lipinski definition) is 5. The number of aryl methyl sites for hydroxylation is 1. The highest BCUT2D eigenvalue weighted by Crippen LogP contribution is 2.31. The van der Waals surface area contributed by atoms with Gasteiger partial charge in [-0.3, -0.25) is 0 Å². The molecular formula is C13H20N4O3. The number of nitrogens with zero attached hydrogens (tertiary/aromatic N) is 4. The van der Waals surface area contributed by atoms with Crippen molar-refractivity contribution in [2.75, 3.05) is 13.1 Å². The van der Waals surface area contributed by atoms with Crippen LogP contribution in [0.3, 0.4) is 0 Å². The summed E-state index contributed by atoms with van der Waals surface area (Å²) in [5, 5.41) is 8.26. The van der Waals surface area contributed by atoms with Crippen LogP contribution in [0.25, 0.3) is 0 Å². The van der Waals surface area contributed by atoms with Gasteiger partial charge in [0.15, 0.2) is 0 Å². The number of amides is 1. The van der Waals surface area contributed by atoms with E-state index in [-0.39, 0.29) is 18.2 Å². The second-order valence-corrected chi connectivity index (χ2v) is 6.37. The van der Waals surface area contributed by atoms with Crippen LogP contribution in [-0.2, 0) is 16.1 Å². The molecule has 7 heteroatoms. The van der Waals surface area contributed by atoms with E-state index in [4.69, 9.17) is 9.47 Å². The molecule has 3 rings (SSSR count). The Morgan fingerprint density at radius 1 is 1.40 bits per heavy atom. The molecular weight excluding hydrogens is 260 g/mol. The van der Waals surface area contributed by atoms with Gasteiger partial charge in [-0.1, -0.05) is 5.21 Å². The summed E-state index contributed by atoms with van der Waals surface area (Å²) < 4.78 is 13.1. The van der Waals surface area contributed by atoms with E-state index in [0.717, 1.165) is 11.4 Å². The summed E-state index contributed by atoms with van der Waals surface area (Å²) in [7, 11) is 0. The van der Waals surface area contributed by atoms with Gasteiger partial charge in [-0.2, -0.15) is 0 Å². The van der Waals surface area contributed by atoms with E-state index in [1.165, 1.54) is 0 Å². The van der Waals surface area contributed by atoms with E-state index >= 15 is 0 Å². The smallest absolute Gasteiger partial charge is 0.410 e. The summed E-state index contributed by atoms with van der Waals surface area (Å²) in [6.45, 7) is 9.11. The van der Waals surface area contributed by atoms with Crippen LogP contribution >= 0.6 is 0 Å². The molecule has 2 aliphatic heterocycles. The Morgan fingerprint density at radius 2 is 2.15 bits per heavy atom. The average Bonchev–Trinajstić information content (AvgIpc) is 2.90. The van der Waals surface area contributed by atoms with Crippen molar-refractivity contribution in [2.24, 2.45) is 0 Å². The van der Waals surface area contributed by atoms with E-state index in [2.05, 4.69) is 10.3 Å². The number of ether oxygens (including phenoxy) is 2. The SMILES string of the molecule is Cc1nnn2c1COC1CN(C(=O)OC(C)(C)C)C[C@@H]12. The molecule has 0 aromatic carbocycles. The Hall–Kier alpha value is -1.63. The summed E-state index contributed by atoms with van der Waals surface area (Å²) in [5.74, 6) is 0. The Morgan fingerprint density at radius 3 is 2.85 bits per heavy atom. The van der Waals surface area contributed by atoms with Gasteiger partial charge >= 0.3 is 6.09 Å². The lowest BCUT2D eigenvalue weighted by Crippen LogP contribution is -2.36. The first kappa shape index (κ1) is 13.4. The molecule has 0 N–H and O–H groups in total. The fourth-order valence-corrected chi connectivity index (χ4v) is 2.65. The normalized spacial score (nSPS) is 25.3. The Bertz CT molecular complexity index is 534. The Balaban J connectivity index is 1.75. The van der Waals surface area contributed by atoms with Crippen molar-refractivity contribution in [3.05, 3.63) is 11.4 Å². The van der Waals surface area contributed by atoms with Crippen molar-refractivity contribution in [3.63, 3.8) is 0 Å². The number of carbonyl (C=O) groups excluding carboxylic acids is 1. The number of fused-ring (bicyclic) bond motifs is 3. The lowest BCUT2D eigenvalue weighted by atomic mass is 10.1. The Kier molecular flexibility index (Phi) is 2.97. The molecule has 1 aromatic rings. The predicted octanol–water partition coefficient (Wildman–Crippen LogP) is 1.28. The molecule has 0 saturated carbocycles. The quantitative estimate of drug-likeness (QED) is 0.716. The third-order valence-corrected chi connectivity index (χ3v) is 3.62. The molecule has 1 unspecified atom stereocenters. The number of hydrogen-bond donors (Lipinski definition) is 0. The van der Waals surface area contributed by atoms with Crippen molar-refractivity contribution < 1.29 is 14.3 Å². The van der Waals surface area contributed by atoms with Crippen LogP contribution in [0.1, 0.15) is 38.2 Å². The highest BCUT2D eigenvalue weighted by Gasteiger charge is 2.43. The predicted molar refractivity (Wildman–Crippen MR) is 70.2 cm³/mol. The minimum absolute atomic E-state index is 0.0314. The summed E-state index contributed by atoms with van der Waals surface area (Å²) in [5.41, 5.74) is 1.40. The van der Waals surface area contributed by atoms with Gasteiger partial charge < -0.3 is 14.4 Å². The number of aromatic nitrogens is 3. The standard InChI is InChI=1S/C13H20N4O3/c1-8-10-7-19-11-6-16(12(18)20-13(2,3)4)5-9(11)17(10)15-14-8/h9,11H,5-7H2,1-4H3/t9-,11?/m0/s1. The summed E-state index contributed by atoms with van der Waals surface area (Å²) in [4.78, 5) is 13.8. The van der Waals surface area contributed by atoms with Gasteiger partial charge in [0.1, 0.15) is 5.60 Å². The third-order valence-electron chi connectivity index (χ3n) is 3.62. The van der Waals surface area contributed by atoms with E-state index in [9.17, 15) is 4.79 Å². The molecule has 1 saturated heterocycles. The van der Waals surface area contributed by atoms with Crippen LogP contribution in [0.4, 0.5) is 4.79 Å². The van der Waals surface area contributed by atoms with Crippen LogP contribution in [0.15, 0.2) is 0 Å². The minimum Gasteiger partial charge on any atom is -0.444 e. The van der Waals surface area contributed by atoms with Crippen molar-refractivity contribution in [2.45, 2.75) is 52.0 Å². The second kappa shape index (κ2) is 4.44. The molecule has 2 aliphatic rings. The van der Waals surface area contributed by atoms with E-state index in [0.29, 0.717) is 19.7 Å². The van der Waals surface area contributed by atoms with Gasteiger partial charge in [-0.25, -0.2) is 9.48 Å². The summed E-state index contributed by atoms with van der Waals surface area (Å²) in [6, 6.07) is 0.0347. The zero-order valence-corrected chi connectivity index (χ0v) is 12.3. The zero-order chi connectivity index (χ0) is 14.5. The highest BCUT2D eigenvalue weighted by atomic mass is 16.6. The van der Waals surface area contributed by atoms with Gasteiger partial charge in [-0.15, -0.1) is 5.10 Å². The number of carbonyl (C=O) groups is 1. The molecule has 0 bridgehead atoms. The van der Waals surface area contributed by atoms with E-state index in [1.54, 1.807) is 4.90 Å². The minimum atomic E-state index is -0.485. The summed E-state index contributed by atoms with van der Waals surface area (Å²) in [6.07, 6.45) is -0.329. The van der Waals surface area contributed by atoms with E-state index in [1.807, 2.05) is 32.4 Å². The van der Waals surface area contributed by atoms with Crippen LogP contribution in [0.2, 0.25) is 0 Å². The number of rotatable bonds is 0. The monoisotopic (exact) mass is 280 g/mol. The summed E-state index contributed by atoms with van der Waals surface area (Å²) >= 11 is 0. The zero-order valence-electron chi connectivity index (χ0n) is 12.3. The highest BCUT2D eigenvalue weighted by molar-refractivity contribution is 5.68. The maximum atomic E-state index is 12.1. The van der Waals surface area contributed by atoms with Crippen molar-refractivity contribution in [1.82, 2.24) is 19.9 Å². The molecule has 1 aromatic heterocycles. The largest absolute Gasteiger partial charge is 0.444 e. The molecule has 7 nitrogen and oxygen atoms in total. The van der Waals surface area contributed by atoms with Crippen LogP contribution in [-0.4, -0.2) is 50.8 Å². The van der Waals surface area contributed by atoms with Gasteiger partial charge in [0.2, 0.25) is 0 Å². The molecule has 2 atom stereocenters. The second-order valence-electron chi connectivity index (χ2n) is 6.37. The van der Waals surface area contributed by atoms with Crippen LogP contribution in [0, 0.1) is 6.92 Å². The lowest BCUT2D eigenvalue weighted by Gasteiger charge is -2.25. The fraction of sp³-hybridized carbons (Fsp3) is 0.769. The molecule has 20 heavy (non-hydrogen) atoms. The van der Waals surface area contributed by atoms with Crippen molar-refractivity contribution in [3.8, 4) is 0 Å². The van der Waals surface area contributed by atoms with Gasteiger partial charge in [0.25, 0.3) is 0 Å². The maximum absolute atomic E-state index is 12.1. The van der Waals surface area contributed by atoms with E-state index < -0.39 is 5.60 Å². The first-order chi connectivity index (χ1) is 9.35. The number of likely N-dealkylation sites (tertiary alicyclic amines) is 1. The first-order valence-electron chi connectivity index (χ1n) is 6.85. The third kappa shape index (κ3) is 2.26. The first-order valence-corrected chi connectivity index (χ1v) is 6.85. The van der Waals surface area contributed by atoms with Gasteiger partial charge in [-0.05, 0) is 27.7 Å². The maximum Gasteiger partial charge on any atom is 0.410 e. The van der Waals surface area contributed by atoms with Crippen molar-refractivity contribution >= 4 is 6.09 Å². The molecule has 1 fully saturated rings. The van der Waals surface area contributed by atoms with Crippen LogP contribution in [0.5, 0.6) is 0 Å². The van der Waals surface area contributed by atoms with Gasteiger partial charge in [0, 0.05) is 6.54 Å². The molecule has 0 aliphatic carbocycles. The van der Waals surface area contributed by atoms with Crippen LogP contribution < -0.4 is 0 Å². The van der Waals surface area contributed by atoms with Gasteiger partial charge in [0.05, 0.1) is 36.7 Å². The molecule has 0 spiro atoms. The lowest BCUT2D eigenvalue weighted by molar-refractivity contribution is -0.00768. The molecule has 0 radical (unpaired) electrons. The topological polar surface area (TPSA) is 69.5 Å². The average molecular weight is 280 g/mol. The molecule has 3 heterocycles. The van der Waals surface area contributed by atoms with Crippen molar-refractivity contribution in [1.29, 1.82) is 0 Å². The molecule has 1 amide bonds. The fourth-order valence-electron chi connectivity index (χ4n) is 2.65.